The first-order valence-electron chi connectivity index (χ1n) is 17.0. The van der Waals surface area contributed by atoms with E-state index in [-0.39, 0.29) is 36.9 Å². The third kappa shape index (κ3) is 4.95. The van der Waals surface area contributed by atoms with Crippen molar-refractivity contribution in [1.29, 1.82) is 0 Å². The number of rotatable bonds is 8. The topological polar surface area (TPSA) is 228 Å². The molecule has 15 nitrogen and oxygen atoms in total. The summed E-state index contributed by atoms with van der Waals surface area (Å²) in [6.07, 6.45) is -12.6. The molecule has 3 heterocycles. The van der Waals surface area contributed by atoms with Crippen molar-refractivity contribution in [3.8, 4) is 0 Å². The third-order valence-corrected chi connectivity index (χ3v) is 12.5. The molecule has 2 bridgehead atoms. The highest BCUT2D eigenvalue weighted by Crippen LogP contribution is 2.73. The van der Waals surface area contributed by atoms with Crippen molar-refractivity contribution in [2.24, 2.45) is 34.5 Å². The minimum atomic E-state index is -2.21. The highest BCUT2D eigenvalue weighted by Gasteiger charge is 2.85. The molecule has 0 amide bonds. The van der Waals surface area contributed by atoms with E-state index in [0.29, 0.717) is 5.57 Å². The number of carbonyl (C=O) groups excluding carboxylic acids is 3. The lowest BCUT2D eigenvalue weighted by Gasteiger charge is -2.67. The number of aliphatic hydroxyl groups is 6. The molecule has 3 aliphatic carbocycles. The van der Waals surface area contributed by atoms with Crippen molar-refractivity contribution in [3.05, 3.63) is 35.3 Å². The summed E-state index contributed by atoms with van der Waals surface area (Å²) in [5.41, 5.74) is -3.40. The van der Waals surface area contributed by atoms with E-state index in [1.807, 2.05) is 20.8 Å². The number of Topliss-reactive ketones (excluding diaryl/α,β-unsaturated/α-hetero) is 1. The van der Waals surface area contributed by atoms with E-state index >= 15 is 0 Å². The number of ketones is 1. The van der Waals surface area contributed by atoms with Crippen molar-refractivity contribution >= 4 is 17.7 Å². The Morgan fingerprint density at radius 3 is 2.38 bits per heavy atom. The van der Waals surface area contributed by atoms with Crippen LogP contribution in [0.3, 0.4) is 0 Å². The molecule has 1 spiro atoms. The van der Waals surface area contributed by atoms with Gasteiger partial charge < -0.3 is 59.1 Å². The molecule has 3 saturated heterocycles. The van der Waals surface area contributed by atoms with Crippen LogP contribution in [0.4, 0.5) is 0 Å². The van der Waals surface area contributed by atoms with E-state index in [4.69, 9.17) is 28.4 Å². The molecule has 0 aromatic carbocycles. The summed E-state index contributed by atoms with van der Waals surface area (Å²) in [7, 11) is 1.11. The molecule has 6 aliphatic rings. The molecule has 0 unspecified atom stereocenters. The number of esters is 2. The maximum atomic E-state index is 14.0. The zero-order chi connectivity index (χ0) is 36.8. The number of allylic oxidation sites excluding steroid dienone is 4. The maximum Gasteiger partial charge on any atom is 0.348 e. The molecular weight excluding hydrogens is 660 g/mol. The van der Waals surface area contributed by atoms with Gasteiger partial charge in [-0.15, -0.1) is 0 Å². The van der Waals surface area contributed by atoms with E-state index in [1.165, 1.54) is 0 Å². The van der Waals surface area contributed by atoms with Crippen LogP contribution in [0.25, 0.3) is 0 Å². The molecule has 15 atom stereocenters. The average molecular weight is 709 g/mol. The molecule has 6 N–H and O–H groups in total. The average Bonchev–Trinajstić information content (AvgIpc) is 3.37. The molecule has 5 fully saturated rings. The van der Waals surface area contributed by atoms with E-state index in [2.05, 4.69) is 6.58 Å². The van der Waals surface area contributed by atoms with Gasteiger partial charge in [-0.3, -0.25) is 4.79 Å². The van der Waals surface area contributed by atoms with Gasteiger partial charge in [-0.1, -0.05) is 32.9 Å². The third-order valence-electron chi connectivity index (χ3n) is 12.5. The zero-order valence-electron chi connectivity index (χ0n) is 29.0. The lowest BCUT2D eigenvalue weighted by molar-refractivity contribution is -0.296. The van der Waals surface area contributed by atoms with Gasteiger partial charge in [-0.05, 0) is 49.2 Å². The fourth-order valence-electron chi connectivity index (χ4n) is 9.90. The monoisotopic (exact) mass is 708 g/mol. The van der Waals surface area contributed by atoms with Crippen molar-refractivity contribution in [1.82, 2.24) is 0 Å². The molecular formula is C35H48O15. The molecule has 278 valence electrons. The Morgan fingerprint density at radius 1 is 1.08 bits per heavy atom. The van der Waals surface area contributed by atoms with E-state index in [9.17, 15) is 45.0 Å². The maximum absolute atomic E-state index is 14.0. The van der Waals surface area contributed by atoms with Crippen molar-refractivity contribution < 1.29 is 73.4 Å². The van der Waals surface area contributed by atoms with Crippen LogP contribution in [0, 0.1) is 34.5 Å². The fraction of sp³-hybridized carbons (Fsp3) is 0.743. The van der Waals surface area contributed by atoms with Crippen LogP contribution in [0.15, 0.2) is 35.3 Å². The Bertz CT molecular complexity index is 1500. The Morgan fingerprint density at radius 2 is 1.76 bits per heavy atom. The Labute approximate surface area is 289 Å². The first kappa shape index (κ1) is 36.9. The zero-order valence-corrected chi connectivity index (χ0v) is 29.0. The smallest absolute Gasteiger partial charge is 0.348 e. The second-order valence-electron chi connectivity index (χ2n) is 15.3. The first-order valence-corrected chi connectivity index (χ1v) is 17.0. The second kappa shape index (κ2) is 12.7. The number of carbonyl (C=O) groups is 3. The van der Waals surface area contributed by atoms with E-state index < -0.39 is 114 Å². The molecule has 50 heavy (non-hydrogen) atoms. The minimum absolute atomic E-state index is 0.0966. The highest BCUT2D eigenvalue weighted by molar-refractivity contribution is 5.96. The van der Waals surface area contributed by atoms with Gasteiger partial charge in [-0.25, -0.2) is 9.59 Å². The quantitative estimate of drug-likeness (QED) is 0.105. The lowest BCUT2D eigenvalue weighted by atomic mass is 9.38. The minimum Gasteiger partial charge on any atom is -0.479 e. The largest absolute Gasteiger partial charge is 0.479 e. The summed E-state index contributed by atoms with van der Waals surface area (Å²) >= 11 is 0. The standard InChI is InChI=1S/C35H48O15/c1-13(2)14(3)8-15(4)47-26-28-34-12-46-35(28,32(44)45-7)29(42)24(41)27(34)33(6)10-18(37)25(16(5)17(33)9-20(34)49-30(26)43)50-31-23(40)22(39)21(38)19(11-36)48-31/h8,13,17,19-24,26-29,31,36,38-42H,4,9-12H2,1-3,5-7H3/b14-8-/t17-,19+,20+,21+,22-,23+,24+,26+,27+,28+,29-,31-,33-,34+,35-/m0/s1. The summed E-state index contributed by atoms with van der Waals surface area (Å²) in [4.78, 5) is 41.7. The highest BCUT2D eigenvalue weighted by atomic mass is 16.7. The van der Waals surface area contributed by atoms with Crippen molar-refractivity contribution in [2.75, 3.05) is 20.3 Å². The normalized spacial score (nSPS) is 46.9. The number of hydrogen-bond donors (Lipinski definition) is 6. The summed E-state index contributed by atoms with van der Waals surface area (Å²) in [6, 6.07) is 0. The molecule has 3 aliphatic heterocycles. The predicted octanol–water partition coefficient (Wildman–Crippen LogP) is -0.601. The van der Waals surface area contributed by atoms with Gasteiger partial charge in [0.15, 0.2) is 11.5 Å². The lowest BCUT2D eigenvalue weighted by Crippen LogP contribution is -2.79. The predicted molar refractivity (Wildman–Crippen MR) is 168 cm³/mol. The number of ether oxygens (including phenoxy) is 6. The molecule has 15 heteroatoms. The van der Waals surface area contributed by atoms with Crippen LogP contribution in [0.1, 0.15) is 47.5 Å². The molecule has 6 rings (SSSR count). The van der Waals surface area contributed by atoms with Gasteiger partial charge in [0.1, 0.15) is 42.4 Å². The van der Waals surface area contributed by atoms with E-state index in [1.54, 1.807) is 19.9 Å². The number of hydrogen-bond acceptors (Lipinski definition) is 15. The summed E-state index contributed by atoms with van der Waals surface area (Å²) in [5, 5.41) is 64.7. The van der Waals surface area contributed by atoms with Gasteiger partial charge in [0.2, 0.25) is 18.0 Å². The molecule has 2 saturated carbocycles. The molecule has 0 radical (unpaired) electrons. The van der Waals surface area contributed by atoms with Crippen molar-refractivity contribution in [3.63, 3.8) is 0 Å². The van der Waals surface area contributed by atoms with Gasteiger partial charge in [-0.2, -0.15) is 0 Å². The molecule has 0 aromatic heterocycles. The van der Waals surface area contributed by atoms with Crippen LogP contribution in [0.5, 0.6) is 0 Å². The van der Waals surface area contributed by atoms with Gasteiger partial charge in [0, 0.05) is 17.8 Å². The number of methoxy groups -OCH3 is 1. The van der Waals surface area contributed by atoms with Gasteiger partial charge >= 0.3 is 11.9 Å². The first-order chi connectivity index (χ1) is 23.4. The van der Waals surface area contributed by atoms with Gasteiger partial charge in [0.05, 0.1) is 32.3 Å². The Balaban J connectivity index is 1.44. The van der Waals surface area contributed by atoms with E-state index in [0.717, 1.165) is 12.7 Å². The second-order valence-corrected chi connectivity index (χ2v) is 15.3. The van der Waals surface area contributed by atoms with Crippen LogP contribution in [-0.4, -0.2) is 129 Å². The number of aliphatic hydroxyl groups excluding tert-OH is 6. The fourth-order valence-corrected chi connectivity index (χ4v) is 9.90. The summed E-state index contributed by atoms with van der Waals surface area (Å²) in [5.74, 6) is -5.13. The Kier molecular flexibility index (Phi) is 9.34. The van der Waals surface area contributed by atoms with Crippen LogP contribution < -0.4 is 0 Å². The van der Waals surface area contributed by atoms with Crippen LogP contribution in [0.2, 0.25) is 0 Å². The number of fused-ring (bicyclic) bond motifs is 2. The van der Waals surface area contributed by atoms with Gasteiger partial charge in [0.25, 0.3) is 0 Å². The van der Waals surface area contributed by atoms with Crippen LogP contribution in [-0.2, 0) is 42.8 Å². The molecule has 0 aromatic rings. The Hall–Kier alpha value is -2.89. The SMILES string of the molecule is C=C(/C=C(/C)C(C)C)O[C@H]1C(=O)O[C@@H]2C[C@H]3C(C)=C(O[C@@H]4O[C@H](CO)[C@@H](O)[C@H](O)[C@H]4O)C(=O)C[C@]3(C)[C@H]3[C@@H](O)[C@H](O)[C@@]4(C(=O)OC)OC[C@]32[C@@H]14. The summed E-state index contributed by atoms with van der Waals surface area (Å²) < 4.78 is 35.1. The van der Waals surface area contributed by atoms with Crippen LogP contribution >= 0.6 is 0 Å². The van der Waals surface area contributed by atoms with Crippen molar-refractivity contribution in [2.45, 2.75) is 108 Å². The summed E-state index contributed by atoms with van der Waals surface area (Å²) in [6.45, 7) is 12.3.